The second-order valence-electron chi connectivity index (χ2n) is 7.20. The van der Waals surface area contributed by atoms with Crippen LogP contribution in [0.2, 0.25) is 5.02 Å². The zero-order chi connectivity index (χ0) is 21.5. The average Bonchev–Trinajstić information content (AvgIpc) is 3.13. The molecule has 11 heteroatoms. The van der Waals surface area contributed by atoms with Crippen LogP contribution in [0, 0.1) is 0 Å². The van der Waals surface area contributed by atoms with Crippen LogP contribution >= 0.6 is 11.6 Å². The summed E-state index contributed by atoms with van der Waals surface area (Å²) in [4.78, 5) is 4.20. The van der Waals surface area contributed by atoms with E-state index in [-0.39, 0.29) is 41.6 Å². The molecule has 8 nitrogen and oxygen atoms in total. The summed E-state index contributed by atoms with van der Waals surface area (Å²) in [5.41, 5.74) is 1.26. The van der Waals surface area contributed by atoms with Crippen LogP contribution in [0.1, 0.15) is 20.8 Å². The minimum absolute atomic E-state index is 0. The summed E-state index contributed by atoms with van der Waals surface area (Å²) < 4.78 is 30.0. The van der Waals surface area contributed by atoms with Crippen LogP contribution in [0.3, 0.4) is 0 Å². The van der Waals surface area contributed by atoms with Crippen LogP contribution in [0.4, 0.5) is 5.69 Å². The van der Waals surface area contributed by atoms with E-state index in [1.165, 1.54) is 16.8 Å². The van der Waals surface area contributed by atoms with Crippen molar-refractivity contribution in [2.24, 2.45) is 0 Å². The zero-order valence-electron chi connectivity index (χ0n) is 18.1. The molecule has 0 aliphatic carbocycles. The number of halogens is 1. The van der Waals surface area contributed by atoms with Crippen molar-refractivity contribution in [1.29, 1.82) is 0 Å². The van der Waals surface area contributed by atoms with E-state index in [4.69, 9.17) is 11.6 Å². The molecule has 0 unspecified atom stereocenters. The Labute approximate surface area is 208 Å². The minimum atomic E-state index is -3.91. The topological polar surface area (TPSA) is 110 Å². The number of nitrogens with zero attached hydrogens (tertiary/aromatic N) is 4. The fourth-order valence-electron chi connectivity index (χ4n) is 2.96. The van der Waals surface area contributed by atoms with Crippen molar-refractivity contribution in [1.82, 2.24) is 20.0 Å². The van der Waals surface area contributed by atoms with Crippen molar-refractivity contribution in [3.8, 4) is 5.69 Å². The molecule has 2 N–H and O–H groups in total. The maximum absolute atomic E-state index is 13.0. The molecule has 2 aromatic carbocycles. The molecule has 31 heavy (non-hydrogen) atoms. The maximum Gasteiger partial charge on any atom is 1.00 e. The number of aromatic nitrogens is 4. The molecule has 0 aliphatic heterocycles. The number of fused-ring (bicyclic) bond motifs is 1. The third-order valence-electron chi connectivity index (χ3n) is 4.53. The molecule has 4 rings (SSSR count). The molecule has 0 amide bonds. The SMILES string of the molecule is CC(C)(O)c1ccc(S(=O)(=O)Nc2ccc(Cl)cc2-n2nnc3ncccc32)cc1.[H-].[Na+]. The monoisotopic (exact) mass is 467 g/mol. The Morgan fingerprint density at radius 3 is 2.52 bits per heavy atom. The molecule has 0 saturated carbocycles. The van der Waals surface area contributed by atoms with Gasteiger partial charge in [0.15, 0.2) is 0 Å². The summed E-state index contributed by atoms with van der Waals surface area (Å²) >= 11 is 6.16. The van der Waals surface area contributed by atoms with E-state index in [1.54, 1.807) is 62.5 Å². The molecule has 0 saturated heterocycles. The summed E-state index contributed by atoms with van der Waals surface area (Å²) in [6.07, 6.45) is 1.60. The Morgan fingerprint density at radius 1 is 1.13 bits per heavy atom. The number of anilines is 1. The number of nitrogens with one attached hydrogen (secondary N) is 1. The molecular weight excluding hydrogens is 449 g/mol. The van der Waals surface area contributed by atoms with Crippen molar-refractivity contribution in [2.75, 3.05) is 4.72 Å². The summed E-state index contributed by atoms with van der Waals surface area (Å²) in [5.74, 6) is 0. The first-order valence-electron chi connectivity index (χ1n) is 8.97. The third kappa shape index (κ3) is 4.92. The van der Waals surface area contributed by atoms with E-state index in [2.05, 4.69) is 20.0 Å². The van der Waals surface area contributed by atoms with Gasteiger partial charge in [0.05, 0.1) is 21.9 Å². The molecule has 0 atom stereocenters. The van der Waals surface area contributed by atoms with Gasteiger partial charge in [-0.2, -0.15) is 0 Å². The van der Waals surface area contributed by atoms with Crippen molar-refractivity contribution < 1.29 is 44.5 Å². The third-order valence-corrected chi connectivity index (χ3v) is 6.14. The average molecular weight is 468 g/mol. The number of sulfonamides is 1. The molecule has 0 radical (unpaired) electrons. The van der Waals surface area contributed by atoms with Crippen molar-refractivity contribution in [3.63, 3.8) is 0 Å². The Hall–Kier alpha value is -2.01. The largest absolute Gasteiger partial charge is 1.00 e. The first-order chi connectivity index (χ1) is 14.1. The van der Waals surface area contributed by atoms with E-state index in [1.807, 2.05) is 0 Å². The van der Waals surface area contributed by atoms with Crippen LogP contribution in [0.15, 0.2) is 65.7 Å². The Morgan fingerprint density at radius 2 is 1.84 bits per heavy atom. The molecule has 2 aromatic heterocycles. The van der Waals surface area contributed by atoms with Crippen LogP contribution in [-0.2, 0) is 15.6 Å². The van der Waals surface area contributed by atoms with Gasteiger partial charge in [-0.15, -0.1) is 5.10 Å². The van der Waals surface area contributed by atoms with Gasteiger partial charge in [0.25, 0.3) is 10.0 Å². The number of hydrogen-bond acceptors (Lipinski definition) is 6. The van der Waals surface area contributed by atoms with Crippen LogP contribution in [-0.4, -0.2) is 33.5 Å². The summed E-state index contributed by atoms with van der Waals surface area (Å²) in [6, 6.07) is 14.3. The van der Waals surface area contributed by atoms with Gasteiger partial charge in [0.1, 0.15) is 5.52 Å². The van der Waals surface area contributed by atoms with Gasteiger partial charge < -0.3 is 6.53 Å². The molecule has 4 aromatic rings. The van der Waals surface area contributed by atoms with Gasteiger partial charge in [-0.1, -0.05) is 28.9 Å². The molecule has 0 bridgehead atoms. The van der Waals surface area contributed by atoms with E-state index >= 15 is 0 Å². The van der Waals surface area contributed by atoms with Crippen molar-refractivity contribution >= 4 is 38.5 Å². The van der Waals surface area contributed by atoms with Crippen molar-refractivity contribution in [3.05, 3.63) is 71.4 Å². The first kappa shape index (κ1) is 23.6. The van der Waals surface area contributed by atoms with Crippen LogP contribution in [0.5, 0.6) is 0 Å². The number of rotatable bonds is 5. The number of benzene rings is 2. The first-order valence-corrected chi connectivity index (χ1v) is 10.8. The van der Waals surface area contributed by atoms with Gasteiger partial charge in [-0.25, -0.2) is 18.1 Å². The zero-order valence-corrected chi connectivity index (χ0v) is 20.7. The predicted octanol–water partition coefficient (Wildman–Crippen LogP) is 0.614. The number of hydrogen-bond donors (Lipinski definition) is 2. The number of aliphatic hydroxyl groups is 1. The molecule has 2 heterocycles. The molecule has 0 spiro atoms. The standard InChI is InChI=1S/C20H18ClN5O3S.Na.H/c1-20(2,27)13-5-8-15(9-6-13)30(28,29)24-16-10-7-14(21)12-18(16)26-17-4-3-11-22-19(17)23-25-26;;/h3-12,24,27H,1-2H3;;/q;+1;-1. The second-order valence-corrected chi connectivity index (χ2v) is 9.32. The second kappa shape index (κ2) is 8.85. The predicted molar refractivity (Wildman–Crippen MR) is 115 cm³/mol. The van der Waals surface area contributed by atoms with Crippen LogP contribution in [0.25, 0.3) is 16.9 Å². The normalized spacial score (nSPS) is 11.9. The minimum Gasteiger partial charge on any atom is -1.00 e. The summed E-state index contributed by atoms with van der Waals surface area (Å²) in [6.45, 7) is 3.26. The maximum atomic E-state index is 13.0. The quantitative estimate of drug-likeness (QED) is 0.416. The molecule has 0 aliphatic rings. The summed E-state index contributed by atoms with van der Waals surface area (Å²) in [7, 11) is -3.91. The van der Waals surface area contributed by atoms with E-state index in [9.17, 15) is 13.5 Å². The van der Waals surface area contributed by atoms with Gasteiger partial charge >= 0.3 is 29.6 Å². The van der Waals surface area contributed by atoms with E-state index < -0.39 is 15.6 Å². The molecule has 0 fully saturated rings. The van der Waals surface area contributed by atoms with Gasteiger partial charge in [0, 0.05) is 11.2 Å². The number of pyridine rings is 1. The van der Waals surface area contributed by atoms with Crippen LogP contribution < -0.4 is 34.3 Å². The Kier molecular flexibility index (Phi) is 6.75. The van der Waals surface area contributed by atoms with Gasteiger partial charge in [-0.05, 0) is 61.9 Å². The van der Waals surface area contributed by atoms with E-state index in [0.29, 0.717) is 27.4 Å². The summed E-state index contributed by atoms with van der Waals surface area (Å²) in [5, 5.41) is 18.6. The van der Waals surface area contributed by atoms with Gasteiger partial charge in [0.2, 0.25) is 5.65 Å². The Balaban J connectivity index is 0.00000181. The smallest absolute Gasteiger partial charge is 1.00 e. The Bertz CT molecular complexity index is 1340. The van der Waals surface area contributed by atoms with E-state index in [0.717, 1.165) is 0 Å². The fourth-order valence-corrected chi connectivity index (χ4v) is 4.20. The molecular formula is C20H19ClN5NaO3S. The molecule has 156 valence electrons. The fraction of sp³-hybridized carbons (Fsp3) is 0.150. The van der Waals surface area contributed by atoms with Crippen molar-refractivity contribution in [2.45, 2.75) is 24.3 Å². The van der Waals surface area contributed by atoms with Gasteiger partial charge in [-0.3, -0.25) is 4.72 Å².